The van der Waals surface area contributed by atoms with Crippen LogP contribution < -0.4 is 15.8 Å². The van der Waals surface area contributed by atoms with Gasteiger partial charge in [-0.05, 0) is 29.3 Å². The summed E-state index contributed by atoms with van der Waals surface area (Å²) < 4.78 is 11.0. The number of guanidine groups is 1. The van der Waals surface area contributed by atoms with E-state index in [4.69, 9.17) is 15.2 Å². The Morgan fingerprint density at radius 3 is 2.46 bits per heavy atom. The molecule has 144 valence electrons. The van der Waals surface area contributed by atoms with Crippen LogP contribution in [0.1, 0.15) is 16.7 Å². The number of hydrogen-bond donors (Lipinski definition) is 2. The summed E-state index contributed by atoms with van der Waals surface area (Å²) in [5.74, 6) is 1.23. The van der Waals surface area contributed by atoms with Gasteiger partial charge in [-0.3, -0.25) is 0 Å². The Bertz CT molecular complexity index is 910. The molecule has 5 heteroatoms. The van der Waals surface area contributed by atoms with Crippen molar-refractivity contribution >= 4 is 11.6 Å². The van der Waals surface area contributed by atoms with Crippen LogP contribution in [0.3, 0.4) is 0 Å². The van der Waals surface area contributed by atoms with Crippen LogP contribution in [0.15, 0.2) is 83.9 Å². The Hall–Kier alpha value is -3.31. The number of nitrogens with zero attached hydrogens (tertiary/aromatic N) is 1. The molecular formula is C23H25N3O2. The third kappa shape index (κ3) is 5.86. The maximum atomic E-state index is 6.06. The molecule has 0 unspecified atom stereocenters. The summed E-state index contributed by atoms with van der Waals surface area (Å²) >= 11 is 0. The number of nitrogens with one attached hydrogen (secondary N) is 1. The number of aliphatic imine (C=N–C) groups is 1. The van der Waals surface area contributed by atoms with Crippen molar-refractivity contribution in [3.8, 4) is 5.75 Å². The largest absolute Gasteiger partial charge is 0.489 e. The number of nitrogens with two attached hydrogens (primary N) is 1. The van der Waals surface area contributed by atoms with E-state index in [1.165, 1.54) is 0 Å². The van der Waals surface area contributed by atoms with Gasteiger partial charge in [-0.2, -0.15) is 0 Å². The predicted octanol–water partition coefficient (Wildman–Crippen LogP) is 4.34. The van der Waals surface area contributed by atoms with Crippen molar-refractivity contribution in [3.63, 3.8) is 0 Å². The second-order valence-corrected chi connectivity index (χ2v) is 6.34. The lowest BCUT2D eigenvalue weighted by Gasteiger charge is -2.11. The molecular weight excluding hydrogens is 350 g/mol. The Morgan fingerprint density at radius 1 is 0.893 bits per heavy atom. The molecule has 3 aromatic carbocycles. The normalized spacial score (nSPS) is 11.2. The van der Waals surface area contributed by atoms with E-state index >= 15 is 0 Å². The van der Waals surface area contributed by atoms with Gasteiger partial charge in [0.1, 0.15) is 12.4 Å². The predicted molar refractivity (Wildman–Crippen MR) is 113 cm³/mol. The molecule has 0 spiro atoms. The average molecular weight is 375 g/mol. The summed E-state index contributed by atoms with van der Waals surface area (Å²) in [6.45, 7) is 1.52. The van der Waals surface area contributed by atoms with Crippen LogP contribution in [0.5, 0.6) is 5.75 Å². The zero-order valence-corrected chi connectivity index (χ0v) is 16.0. The first kappa shape index (κ1) is 19.5. The van der Waals surface area contributed by atoms with Gasteiger partial charge in [-0.25, -0.2) is 4.99 Å². The van der Waals surface area contributed by atoms with Gasteiger partial charge in [0, 0.05) is 18.4 Å². The van der Waals surface area contributed by atoms with Crippen molar-refractivity contribution in [3.05, 3.63) is 95.6 Å². The topological polar surface area (TPSA) is 68.9 Å². The number of hydrogen-bond acceptors (Lipinski definition) is 3. The first-order valence-corrected chi connectivity index (χ1v) is 9.14. The highest BCUT2D eigenvalue weighted by Gasteiger charge is 2.03. The summed E-state index contributed by atoms with van der Waals surface area (Å²) in [5.41, 5.74) is 10.2. The zero-order chi connectivity index (χ0) is 19.6. The average Bonchev–Trinajstić information content (AvgIpc) is 2.73. The van der Waals surface area contributed by atoms with Crippen LogP contribution in [0.25, 0.3) is 0 Å². The lowest BCUT2D eigenvalue weighted by atomic mass is 10.1. The Labute approximate surface area is 165 Å². The van der Waals surface area contributed by atoms with Crippen LogP contribution in [0.2, 0.25) is 0 Å². The van der Waals surface area contributed by atoms with Gasteiger partial charge in [0.05, 0.1) is 13.2 Å². The molecule has 3 N–H and O–H groups in total. The minimum absolute atomic E-state index is 0.370. The minimum Gasteiger partial charge on any atom is -0.489 e. The van der Waals surface area contributed by atoms with Gasteiger partial charge < -0.3 is 20.5 Å². The van der Waals surface area contributed by atoms with E-state index in [-0.39, 0.29) is 0 Å². The molecule has 0 atom stereocenters. The fourth-order valence-corrected chi connectivity index (χ4v) is 2.78. The summed E-state index contributed by atoms with van der Waals surface area (Å²) in [4.78, 5) is 4.45. The Balaban J connectivity index is 1.59. The molecule has 0 aromatic heterocycles. The summed E-state index contributed by atoms with van der Waals surface area (Å²) in [6, 6.07) is 25.8. The minimum atomic E-state index is 0.370. The highest BCUT2D eigenvalue weighted by molar-refractivity contribution is 5.92. The first-order chi connectivity index (χ1) is 13.7. The number of methoxy groups -OCH3 is 1. The molecule has 0 aliphatic carbocycles. The maximum Gasteiger partial charge on any atom is 0.193 e. The summed E-state index contributed by atoms with van der Waals surface area (Å²) in [7, 11) is 1.67. The number of anilines is 1. The summed E-state index contributed by atoms with van der Waals surface area (Å²) in [6.07, 6.45) is 0. The molecule has 28 heavy (non-hydrogen) atoms. The molecule has 5 nitrogen and oxygen atoms in total. The zero-order valence-electron chi connectivity index (χ0n) is 16.0. The van der Waals surface area contributed by atoms with E-state index < -0.39 is 0 Å². The quantitative estimate of drug-likeness (QED) is 0.454. The van der Waals surface area contributed by atoms with Gasteiger partial charge in [-0.1, -0.05) is 60.7 Å². The van der Waals surface area contributed by atoms with E-state index in [9.17, 15) is 0 Å². The number of ether oxygens (including phenoxy) is 2. The SMILES string of the molecule is COCc1ccccc1NC(N)=NCc1cccc(COc2ccccc2)c1. The molecule has 0 bridgehead atoms. The molecule has 0 radical (unpaired) electrons. The van der Waals surface area contributed by atoms with Crippen molar-refractivity contribution < 1.29 is 9.47 Å². The number of para-hydroxylation sites is 2. The maximum absolute atomic E-state index is 6.06. The number of benzene rings is 3. The standard InChI is InChI=1S/C23H25N3O2/c1-27-17-20-10-5-6-13-22(20)26-23(24)25-15-18-8-7-9-19(14-18)16-28-21-11-3-2-4-12-21/h2-14H,15-17H2,1H3,(H3,24,25,26). The fourth-order valence-electron chi connectivity index (χ4n) is 2.78. The van der Waals surface area contributed by atoms with Crippen molar-refractivity contribution in [1.82, 2.24) is 0 Å². The highest BCUT2D eigenvalue weighted by atomic mass is 16.5. The second kappa shape index (κ2) is 10.1. The van der Waals surface area contributed by atoms with E-state index in [2.05, 4.69) is 16.4 Å². The molecule has 3 rings (SSSR count). The van der Waals surface area contributed by atoms with Crippen molar-refractivity contribution in [2.45, 2.75) is 19.8 Å². The molecule has 0 heterocycles. The van der Waals surface area contributed by atoms with E-state index in [1.807, 2.05) is 72.8 Å². The molecule has 0 aliphatic heterocycles. The van der Waals surface area contributed by atoms with Gasteiger partial charge in [0.25, 0.3) is 0 Å². The van der Waals surface area contributed by atoms with E-state index in [0.29, 0.717) is 25.7 Å². The highest BCUT2D eigenvalue weighted by Crippen LogP contribution is 2.16. The van der Waals surface area contributed by atoms with Gasteiger partial charge in [-0.15, -0.1) is 0 Å². The molecule has 0 amide bonds. The monoisotopic (exact) mass is 375 g/mol. The first-order valence-electron chi connectivity index (χ1n) is 9.14. The van der Waals surface area contributed by atoms with Crippen LogP contribution in [0.4, 0.5) is 5.69 Å². The third-order valence-electron chi connectivity index (χ3n) is 4.15. The molecule has 0 fully saturated rings. The Kier molecular flexibility index (Phi) is 7.04. The molecule has 0 saturated carbocycles. The summed E-state index contributed by atoms with van der Waals surface area (Å²) in [5, 5.41) is 3.15. The molecule has 0 aliphatic rings. The van der Waals surface area contributed by atoms with Crippen LogP contribution in [-0.2, 0) is 24.5 Å². The van der Waals surface area contributed by atoms with Gasteiger partial charge in [0.2, 0.25) is 0 Å². The third-order valence-corrected chi connectivity index (χ3v) is 4.15. The van der Waals surface area contributed by atoms with E-state index in [1.54, 1.807) is 7.11 Å². The molecule has 0 saturated heterocycles. The second-order valence-electron chi connectivity index (χ2n) is 6.34. The van der Waals surface area contributed by atoms with E-state index in [0.717, 1.165) is 28.1 Å². The Morgan fingerprint density at radius 2 is 1.64 bits per heavy atom. The molecule has 3 aromatic rings. The van der Waals surface area contributed by atoms with Crippen molar-refractivity contribution in [2.75, 3.05) is 12.4 Å². The number of rotatable bonds is 8. The van der Waals surface area contributed by atoms with Gasteiger partial charge in [0.15, 0.2) is 5.96 Å². The lowest BCUT2D eigenvalue weighted by Crippen LogP contribution is -2.23. The van der Waals surface area contributed by atoms with Gasteiger partial charge >= 0.3 is 0 Å². The van der Waals surface area contributed by atoms with Crippen LogP contribution >= 0.6 is 0 Å². The van der Waals surface area contributed by atoms with Crippen LogP contribution in [0, 0.1) is 0 Å². The lowest BCUT2D eigenvalue weighted by molar-refractivity contribution is 0.185. The van der Waals surface area contributed by atoms with Crippen molar-refractivity contribution in [1.29, 1.82) is 0 Å². The van der Waals surface area contributed by atoms with Crippen molar-refractivity contribution in [2.24, 2.45) is 10.7 Å². The van der Waals surface area contributed by atoms with Crippen LogP contribution in [-0.4, -0.2) is 13.1 Å². The fraction of sp³-hybridized carbons (Fsp3) is 0.174. The smallest absolute Gasteiger partial charge is 0.193 e.